The molecule has 0 aromatic carbocycles. The van der Waals surface area contributed by atoms with Gasteiger partial charge in [0.25, 0.3) is 0 Å². The second-order valence-electron chi connectivity index (χ2n) is 23.0. The topological polar surface area (TPSA) is 318 Å². The Labute approximate surface area is 393 Å². The van der Waals surface area contributed by atoms with Gasteiger partial charge in [0, 0.05) is 0 Å². The lowest BCUT2D eigenvalue weighted by Crippen LogP contribution is -2.67. The molecule has 5 unspecified atom stereocenters. The maximum atomic E-state index is 11.8. The molecular formula is C48H82O19. The third kappa shape index (κ3) is 9.47. The fourth-order valence-electron chi connectivity index (χ4n) is 14.5. The van der Waals surface area contributed by atoms with Crippen LogP contribution in [-0.4, -0.2) is 203 Å². The zero-order chi connectivity index (χ0) is 49.3. The SMILES string of the molecule is CC(C)(O)C(O)C/C=C(\CO)[C@H]1CC[C@]2(C)C1CC[C@@H]1[C@@]3(C)CC[C@H](O[C@@H]4O[C@H](COC5O[C@H](CO)[C@@H](O)[C@H](O)[C@H]5O)[C@@H](O)[C@H](O)[C@H]4OC4O[C@H](CO)[C@@H](O)[C@H](O)[C@H]4O)C(C)(C)C3CC[C@]12C. The highest BCUT2D eigenvalue weighted by molar-refractivity contribution is 5.22. The van der Waals surface area contributed by atoms with Crippen LogP contribution in [0.25, 0.3) is 0 Å². The highest BCUT2D eigenvalue weighted by atomic mass is 16.8. The van der Waals surface area contributed by atoms with Crippen LogP contribution in [0.3, 0.4) is 0 Å². The van der Waals surface area contributed by atoms with E-state index in [1.807, 2.05) is 6.08 Å². The van der Waals surface area contributed by atoms with Crippen molar-refractivity contribution in [1.29, 1.82) is 0 Å². The molecule has 3 saturated heterocycles. The highest BCUT2D eigenvalue weighted by Crippen LogP contribution is 2.75. The van der Waals surface area contributed by atoms with Crippen molar-refractivity contribution in [3.8, 4) is 0 Å². The maximum absolute atomic E-state index is 11.8. The van der Waals surface area contributed by atoms with Gasteiger partial charge in [0.1, 0.15) is 73.2 Å². The Bertz CT molecular complexity index is 1690. The first-order valence-electron chi connectivity index (χ1n) is 24.6. The van der Waals surface area contributed by atoms with E-state index in [2.05, 4.69) is 34.6 Å². The Morgan fingerprint density at radius 1 is 0.627 bits per heavy atom. The fourth-order valence-corrected chi connectivity index (χ4v) is 14.5. The number of fused-ring (bicyclic) bond motifs is 5. The smallest absolute Gasteiger partial charge is 0.187 e. The summed E-state index contributed by atoms with van der Waals surface area (Å²) in [5.74, 6) is 1.07. The Kier molecular flexibility index (Phi) is 16.1. The van der Waals surface area contributed by atoms with Crippen molar-refractivity contribution in [2.75, 3.05) is 26.4 Å². The molecule has 0 bridgehead atoms. The average Bonchev–Trinajstić information content (AvgIpc) is 3.63. The van der Waals surface area contributed by atoms with Crippen LogP contribution in [0.2, 0.25) is 0 Å². The molecule has 7 rings (SSSR count). The van der Waals surface area contributed by atoms with Gasteiger partial charge in [-0.05, 0) is 123 Å². The van der Waals surface area contributed by atoms with Crippen molar-refractivity contribution in [3.63, 3.8) is 0 Å². The van der Waals surface area contributed by atoms with E-state index in [0.29, 0.717) is 18.3 Å². The molecule has 0 spiro atoms. The number of hydrogen-bond acceptors (Lipinski definition) is 19. The highest BCUT2D eigenvalue weighted by Gasteiger charge is 2.69. The van der Waals surface area contributed by atoms with Crippen molar-refractivity contribution in [3.05, 3.63) is 11.6 Å². The van der Waals surface area contributed by atoms with Crippen LogP contribution in [-0.2, 0) is 28.4 Å². The molecule has 67 heavy (non-hydrogen) atoms. The number of rotatable bonds is 14. The molecule has 19 nitrogen and oxygen atoms in total. The normalized spacial score (nSPS) is 50.8. The maximum Gasteiger partial charge on any atom is 0.187 e. The molecule has 4 aliphatic carbocycles. The summed E-state index contributed by atoms with van der Waals surface area (Å²) in [6.07, 6.45) is -16.3. The molecule has 0 aromatic heterocycles. The predicted octanol–water partition coefficient (Wildman–Crippen LogP) is -1.05. The molecule has 388 valence electrons. The Morgan fingerprint density at radius 2 is 1.19 bits per heavy atom. The molecule has 24 atom stereocenters. The summed E-state index contributed by atoms with van der Waals surface area (Å²) >= 11 is 0. The minimum atomic E-state index is -1.84. The van der Waals surface area contributed by atoms with Gasteiger partial charge in [0.15, 0.2) is 18.9 Å². The summed E-state index contributed by atoms with van der Waals surface area (Å²) in [4.78, 5) is 0. The fraction of sp³-hybridized carbons (Fsp3) is 0.958. The quantitative estimate of drug-likeness (QED) is 0.0730. The van der Waals surface area contributed by atoms with E-state index in [1.165, 1.54) is 0 Å². The lowest BCUT2D eigenvalue weighted by Gasteiger charge is -2.70. The lowest BCUT2D eigenvalue weighted by atomic mass is 9.35. The first-order chi connectivity index (χ1) is 31.3. The molecule has 7 aliphatic rings. The molecule has 3 aliphatic heterocycles. The van der Waals surface area contributed by atoms with Crippen LogP contribution in [0.4, 0.5) is 0 Å². The van der Waals surface area contributed by atoms with Crippen molar-refractivity contribution >= 4 is 0 Å². The third-order valence-corrected chi connectivity index (χ3v) is 18.8. The molecule has 7 fully saturated rings. The molecule has 0 aromatic rings. The van der Waals surface area contributed by atoms with E-state index in [0.717, 1.165) is 50.5 Å². The van der Waals surface area contributed by atoms with Gasteiger partial charge in [-0.2, -0.15) is 0 Å². The minimum absolute atomic E-state index is 0.0102. The van der Waals surface area contributed by atoms with Gasteiger partial charge in [0.05, 0.1) is 44.2 Å². The summed E-state index contributed by atoms with van der Waals surface area (Å²) in [5.41, 5.74) is -0.948. The van der Waals surface area contributed by atoms with Crippen molar-refractivity contribution in [2.24, 2.45) is 45.3 Å². The van der Waals surface area contributed by atoms with E-state index in [1.54, 1.807) is 13.8 Å². The van der Waals surface area contributed by atoms with Crippen LogP contribution in [0.5, 0.6) is 0 Å². The van der Waals surface area contributed by atoms with Gasteiger partial charge in [0.2, 0.25) is 0 Å². The average molecular weight is 963 g/mol. The standard InChI is InChI=1S/C48H82O19/c1-44(2)28-13-17-48(7)29(10-9-24-23(12-16-47(24,48)6)22(18-49)8-11-30(52)45(3,4)61)46(28,5)15-14-31(44)66-43-40(67-42-39(60)36(57)33(54)26(20-51)64-42)37(58)34(55)27(65-43)21-62-41-38(59)35(56)32(53)25(19-50)63-41/h8,23-43,49-61H,9-21H2,1-7H3/b22-8+/t23-,24?,25-,26-,27-,28?,29-,30?,31+,32-,33-,34-,35+,36+,37+,38-,39-,40-,41?,42?,43+,46+,47-,48-/m1/s1. The molecule has 13 N–H and O–H groups in total. The molecule has 0 amide bonds. The van der Waals surface area contributed by atoms with Crippen LogP contribution in [0.15, 0.2) is 11.6 Å². The molecule has 4 saturated carbocycles. The third-order valence-electron chi connectivity index (χ3n) is 18.8. The van der Waals surface area contributed by atoms with E-state index in [4.69, 9.17) is 28.4 Å². The van der Waals surface area contributed by atoms with Gasteiger partial charge >= 0.3 is 0 Å². The zero-order valence-electron chi connectivity index (χ0n) is 40.2. The number of hydrogen-bond donors (Lipinski definition) is 13. The van der Waals surface area contributed by atoms with Crippen molar-refractivity contribution in [1.82, 2.24) is 0 Å². The van der Waals surface area contributed by atoms with Crippen LogP contribution < -0.4 is 0 Å². The van der Waals surface area contributed by atoms with E-state index >= 15 is 0 Å². The van der Waals surface area contributed by atoms with Crippen molar-refractivity contribution < 1.29 is 94.8 Å². The first-order valence-corrected chi connectivity index (χ1v) is 24.6. The minimum Gasteiger partial charge on any atom is -0.394 e. The molecule has 0 radical (unpaired) electrons. The van der Waals surface area contributed by atoms with Crippen LogP contribution >= 0.6 is 0 Å². The number of ether oxygens (including phenoxy) is 6. The van der Waals surface area contributed by atoms with Crippen LogP contribution in [0.1, 0.15) is 106 Å². The van der Waals surface area contributed by atoms with Gasteiger partial charge < -0.3 is 94.8 Å². The summed E-state index contributed by atoms with van der Waals surface area (Å²) in [6.45, 7) is 12.8. The Hall–Kier alpha value is -1.02. The predicted molar refractivity (Wildman–Crippen MR) is 235 cm³/mol. The Balaban J connectivity index is 1.11. The van der Waals surface area contributed by atoms with E-state index in [-0.39, 0.29) is 41.1 Å². The van der Waals surface area contributed by atoms with E-state index < -0.39 is 135 Å². The van der Waals surface area contributed by atoms with Gasteiger partial charge in [-0.15, -0.1) is 0 Å². The van der Waals surface area contributed by atoms with Crippen molar-refractivity contribution in [2.45, 2.75) is 216 Å². The van der Waals surface area contributed by atoms with Gasteiger partial charge in [-0.25, -0.2) is 0 Å². The summed E-state index contributed by atoms with van der Waals surface area (Å²) < 4.78 is 36.2. The molecule has 3 heterocycles. The number of aliphatic hydroxyl groups is 13. The molecule has 19 heteroatoms. The summed E-state index contributed by atoms with van der Waals surface area (Å²) in [6, 6.07) is 0. The van der Waals surface area contributed by atoms with E-state index in [9.17, 15) is 66.4 Å². The Morgan fingerprint density at radius 3 is 1.79 bits per heavy atom. The monoisotopic (exact) mass is 963 g/mol. The second kappa shape index (κ2) is 20.1. The zero-order valence-corrected chi connectivity index (χ0v) is 40.2. The lowest BCUT2D eigenvalue weighted by molar-refractivity contribution is -0.382. The van der Waals surface area contributed by atoms with Gasteiger partial charge in [-0.1, -0.05) is 40.7 Å². The number of aliphatic hydroxyl groups excluding tert-OH is 12. The summed E-state index contributed by atoms with van der Waals surface area (Å²) in [5, 5.41) is 138. The van der Waals surface area contributed by atoms with Crippen LogP contribution in [0, 0.1) is 45.3 Å². The molecular weight excluding hydrogens is 881 g/mol. The largest absolute Gasteiger partial charge is 0.394 e. The first kappa shape index (κ1) is 53.8. The second-order valence-corrected chi connectivity index (χ2v) is 23.0. The summed E-state index contributed by atoms with van der Waals surface area (Å²) in [7, 11) is 0. The van der Waals surface area contributed by atoms with Gasteiger partial charge in [-0.3, -0.25) is 0 Å².